The van der Waals surface area contributed by atoms with Crippen LogP contribution >= 0.6 is 11.6 Å². The molecule has 3 rings (SSSR count). The van der Waals surface area contributed by atoms with Crippen LogP contribution in [0.3, 0.4) is 0 Å². The van der Waals surface area contributed by atoms with Gasteiger partial charge >= 0.3 is 5.97 Å². The summed E-state index contributed by atoms with van der Waals surface area (Å²) in [5.74, 6) is -0.266. The molecule has 1 aliphatic heterocycles. The number of hydrogen-bond donors (Lipinski definition) is 1. The maximum Gasteiger partial charge on any atom is 0.335 e. The second kappa shape index (κ2) is 7.16. The lowest BCUT2D eigenvalue weighted by Crippen LogP contribution is -2.32. The van der Waals surface area contributed by atoms with Crippen molar-refractivity contribution in [1.82, 2.24) is 4.90 Å². The predicted octanol–water partition coefficient (Wildman–Crippen LogP) is 4.42. The molecule has 0 spiro atoms. The molecule has 0 atom stereocenters. The van der Waals surface area contributed by atoms with Crippen LogP contribution in [0.5, 0.6) is 0 Å². The molecule has 0 aliphatic carbocycles. The van der Waals surface area contributed by atoms with Gasteiger partial charge < -0.3 is 5.11 Å². The van der Waals surface area contributed by atoms with Crippen molar-refractivity contribution in [2.45, 2.75) is 25.3 Å². The molecule has 23 heavy (non-hydrogen) atoms. The maximum absolute atomic E-state index is 10.9. The highest BCUT2D eigenvalue weighted by Crippen LogP contribution is 2.29. The Hall–Kier alpha value is -1.84. The topological polar surface area (TPSA) is 40.5 Å². The minimum absolute atomic E-state index is 0.343. The van der Waals surface area contributed by atoms with Gasteiger partial charge in [0.05, 0.1) is 5.56 Å². The number of likely N-dealkylation sites (tertiary alicyclic amines) is 1. The van der Waals surface area contributed by atoms with E-state index >= 15 is 0 Å². The van der Waals surface area contributed by atoms with Gasteiger partial charge in [0.1, 0.15) is 0 Å². The van der Waals surface area contributed by atoms with Crippen molar-refractivity contribution in [2.24, 2.45) is 0 Å². The van der Waals surface area contributed by atoms with Crippen molar-refractivity contribution >= 4 is 17.6 Å². The summed E-state index contributed by atoms with van der Waals surface area (Å²) in [6.45, 7) is 3.01. The predicted molar refractivity (Wildman–Crippen MR) is 92.1 cm³/mol. The van der Waals surface area contributed by atoms with Crippen LogP contribution in [0.1, 0.15) is 40.2 Å². The number of rotatable bonds is 4. The third-order valence-electron chi connectivity index (χ3n) is 4.54. The lowest BCUT2D eigenvalue weighted by molar-refractivity contribution is 0.0697. The van der Waals surface area contributed by atoms with E-state index in [-0.39, 0.29) is 0 Å². The van der Waals surface area contributed by atoms with Crippen molar-refractivity contribution in [2.75, 3.05) is 13.1 Å². The number of hydrogen-bond acceptors (Lipinski definition) is 2. The molecule has 4 heteroatoms. The van der Waals surface area contributed by atoms with Crippen LogP contribution in [0.2, 0.25) is 5.02 Å². The highest BCUT2D eigenvalue weighted by Gasteiger charge is 2.20. The number of carboxylic acids is 1. The standard InChI is InChI=1S/C19H20ClNO2/c20-18-7-5-15(6-8-18)16-9-11-21(12-10-16)13-14-1-3-17(4-2-14)19(22)23/h1-8,16H,9-13H2,(H,22,23). The summed E-state index contributed by atoms with van der Waals surface area (Å²) in [6, 6.07) is 15.4. The molecule has 3 nitrogen and oxygen atoms in total. The molecule has 1 saturated heterocycles. The van der Waals surface area contributed by atoms with Crippen LogP contribution in [0.25, 0.3) is 0 Å². The van der Waals surface area contributed by atoms with E-state index in [2.05, 4.69) is 17.0 Å². The fourth-order valence-electron chi connectivity index (χ4n) is 3.17. The highest BCUT2D eigenvalue weighted by atomic mass is 35.5. The number of carboxylic acid groups (broad SMARTS) is 1. The maximum atomic E-state index is 10.9. The summed E-state index contributed by atoms with van der Waals surface area (Å²) in [6.07, 6.45) is 2.30. The molecule has 1 aliphatic rings. The van der Waals surface area contributed by atoms with Gasteiger partial charge in [-0.1, -0.05) is 35.9 Å². The summed E-state index contributed by atoms with van der Waals surface area (Å²) < 4.78 is 0. The summed E-state index contributed by atoms with van der Waals surface area (Å²) in [7, 11) is 0. The normalized spacial score (nSPS) is 16.4. The van der Waals surface area contributed by atoms with Gasteiger partial charge in [-0.3, -0.25) is 4.90 Å². The van der Waals surface area contributed by atoms with Gasteiger partial charge in [0.25, 0.3) is 0 Å². The van der Waals surface area contributed by atoms with Gasteiger partial charge in [0.2, 0.25) is 0 Å². The van der Waals surface area contributed by atoms with E-state index in [1.165, 1.54) is 11.1 Å². The number of halogens is 1. The number of aromatic carboxylic acids is 1. The van der Waals surface area contributed by atoms with E-state index in [9.17, 15) is 4.79 Å². The molecular formula is C19H20ClNO2. The average Bonchev–Trinajstić information content (AvgIpc) is 2.57. The van der Waals surface area contributed by atoms with E-state index in [4.69, 9.17) is 16.7 Å². The summed E-state index contributed by atoms with van der Waals surface area (Å²) in [4.78, 5) is 13.3. The molecule has 120 valence electrons. The molecule has 0 saturated carbocycles. The molecule has 0 amide bonds. The number of piperidine rings is 1. The zero-order valence-electron chi connectivity index (χ0n) is 12.9. The monoisotopic (exact) mass is 329 g/mol. The summed E-state index contributed by atoms with van der Waals surface area (Å²) >= 11 is 5.95. The lowest BCUT2D eigenvalue weighted by atomic mass is 9.89. The smallest absolute Gasteiger partial charge is 0.335 e. The van der Waals surface area contributed by atoms with Crippen LogP contribution in [0.4, 0.5) is 0 Å². The fourth-order valence-corrected chi connectivity index (χ4v) is 3.30. The van der Waals surface area contributed by atoms with Crippen LogP contribution in [-0.2, 0) is 6.54 Å². The zero-order valence-corrected chi connectivity index (χ0v) is 13.7. The van der Waals surface area contributed by atoms with E-state index in [1.807, 2.05) is 24.3 Å². The Morgan fingerprint density at radius 1 is 1.04 bits per heavy atom. The fraction of sp³-hybridized carbons (Fsp3) is 0.316. The Kier molecular flexibility index (Phi) is 4.99. The first kappa shape index (κ1) is 16.0. The molecule has 1 fully saturated rings. The first-order valence-electron chi connectivity index (χ1n) is 7.92. The quantitative estimate of drug-likeness (QED) is 0.902. The third kappa shape index (κ3) is 4.12. The third-order valence-corrected chi connectivity index (χ3v) is 4.79. The van der Waals surface area contributed by atoms with Gasteiger partial charge in [-0.25, -0.2) is 4.79 Å². The van der Waals surface area contributed by atoms with Gasteiger partial charge in [-0.05, 0) is 67.2 Å². The second-order valence-electron chi connectivity index (χ2n) is 6.10. The average molecular weight is 330 g/mol. The van der Waals surface area contributed by atoms with Gasteiger partial charge in [0, 0.05) is 11.6 Å². The van der Waals surface area contributed by atoms with E-state index in [1.54, 1.807) is 12.1 Å². The molecule has 1 N–H and O–H groups in total. The number of carbonyl (C=O) groups is 1. The zero-order chi connectivity index (χ0) is 16.2. The van der Waals surface area contributed by atoms with Crippen molar-refractivity contribution in [1.29, 1.82) is 0 Å². The molecular weight excluding hydrogens is 310 g/mol. The molecule has 2 aromatic carbocycles. The largest absolute Gasteiger partial charge is 0.478 e. The molecule has 2 aromatic rings. The number of nitrogens with zero attached hydrogens (tertiary/aromatic N) is 1. The van der Waals surface area contributed by atoms with Gasteiger partial charge in [0.15, 0.2) is 0 Å². The molecule has 0 radical (unpaired) electrons. The first-order valence-corrected chi connectivity index (χ1v) is 8.29. The Morgan fingerprint density at radius 2 is 1.65 bits per heavy atom. The Morgan fingerprint density at radius 3 is 2.22 bits per heavy atom. The molecule has 0 unspecified atom stereocenters. The van der Waals surface area contributed by atoms with E-state index < -0.39 is 5.97 Å². The molecule has 0 aromatic heterocycles. The lowest BCUT2D eigenvalue weighted by Gasteiger charge is -2.32. The van der Waals surface area contributed by atoms with Gasteiger partial charge in [-0.15, -0.1) is 0 Å². The van der Waals surface area contributed by atoms with Crippen LogP contribution in [-0.4, -0.2) is 29.1 Å². The first-order chi connectivity index (χ1) is 11.1. The van der Waals surface area contributed by atoms with Crippen LogP contribution < -0.4 is 0 Å². The number of benzene rings is 2. The second-order valence-corrected chi connectivity index (χ2v) is 6.54. The van der Waals surface area contributed by atoms with E-state index in [0.29, 0.717) is 11.5 Å². The van der Waals surface area contributed by atoms with Crippen molar-refractivity contribution in [3.8, 4) is 0 Å². The minimum atomic E-state index is -0.875. The van der Waals surface area contributed by atoms with Crippen molar-refractivity contribution in [3.63, 3.8) is 0 Å². The highest BCUT2D eigenvalue weighted by molar-refractivity contribution is 6.30. The summed E-state index contributed by atoms with van der Waals surface area (Å²) in [5, 5.41) is 9.72. The molecule has 0 bridgehead atoms. The van der Waals surface area contributed by atoms with Crippen molar-refractivity contribution in [3.05, 3.63) is 70.2 Å². The SMILES string of the molecule is O=C(O)c1ccc(CN2CCC(c3ccc(Cl)cc3)CC2)cc1. The van der Waals surface area contributed by atoms with Crippen LogP contribution in [0, 0.1) is 0 Å². The Bertz CT molecular complexity index is 659. The van der Waals surface area contributed by atoms with Crippen molar-refractivity contribution < 1.29 is 9.90 Å². The Balaban J connectivity index is 1.54. The van der Waals surface area contributed by atoms with Crippen LogP contribution in [0.15, 0.2) is 48.5 Å². The molecule has 1 heterocycles. The van der Waals surface area contributed by atoms with Gasteiger partial charge in [-0.2, -0.15) is 0 Å². The van der Waals surface area contributed by atoms with E-state index in [0.717, 1.165) is 37.5 Å². The summed E-state index contributed by atoms with van der Waals surface area (Å²) in [5.41, 5.74) is 2.88. The Labute approximate surface area is 141 Å². The minimum Gasteiger partial charge on any atom is -0.478 e.